The molecule has 0 radical (unpaired) electrons. The van der Waals surface area contributed by atoms with Crippen molar-refractivity contribution in [3.63, 3.8) is 0 Å². The molecule has 1 saturated heterocycles. The summed E-state index contributed by atoms with van der Waals surface area (Å²) in [5.41, 5.74) is 4.22. The van der Waals surface area contributed by atoms with Crippen molar-refractivity contribution < 1.29 is 19.7 Å². The lowest BCUT2D eigenvalue weighted by Gasteiger charge is -2.32. The van der Waals surface area contributed by atoms with Crippen LogP contribution in [-0.4, -0.2) is 40.9 Å². The summed E-state index contributed by atoms with van der Waals surface area (Å²) >= 11 is 6.49. The zero-order chi connectivity index (χ0) is 25.4. The van der Waals surface area contributed by atoms with Crippen LogP contribution in [0.5, 0.6) is 23.0 Å². The molecule has 1 fully saturated rings. The first-order valence-electron chi connectivity index (χ1n) is 12.5. The third-order valence-electron chi connectivity index (χ3n) is 7.28. The molecule has 0 aromatic heterocycles. The average molecular weight is 506 g/mol. The SMILES string of the molecule is CC1=C(c2cccc(O)c2)C(c2ccc(OC[C@H](C)N3CC[C@@H](C)C3)cc2)Oc2ccc(O)c(Cl)c21. The minimum atomic E-state index is -0.418. The van der Waals surface area contributed by atoms with Crippen LogP contribution in [0.15, 0.2) is 60.7 Å². The van der Waals surface area contributed by atoms with Gasteiger partial charge in [-0.2, -0.15) is 0 Å². The van der Waals surface area contributed by atoms with Gasteiger partial charge in [-0.3, -0.25) is 4.90 Å². The minimum Gasteiger partial charge on any atom is -0.508 e. The van der Waals surface area contributed by atoms with Crippen molar-refractivity contribution >= 4 is 22.7 Å². The Labute approximate surface area is 217 Å². The summed E-state index contributed by atoms with van der Waals surface area (Å²) in [4.78, 5) is 2.49. The third kappa shape index (κ3) is 4.78. The van der Waals surface area contributed by atoms with E-state index < -0.39 is 6.10 Å². The van der Waals surface area contributed by atoms with Crippen molar-refractivity contribution in [3.05, 3.63) is 82.4 Å². The molecular formula is C30H32ClNO4. The first-order chi connectivity index (χ1) is 17.3. The highest BCUT2D eigenvalue weighted by molar-refractivity contribution is 6.34. The highest BCUT2D eigenvalue weighted by atomic mass is 35.5. The molecule has 2 N–H and O–H groups in total. The van der Waals surface area contributed by atoms with E-state index >= 15 is 0 Å². The summed E-state index contributed by atoms with van der Waals surface area (Å²) < 4.78 is 12.6. The summed E-state index contributed by atoms with van der Waals surface area (Å²) in [6.45, 7) is 9.41. The molecule has 188 valence electrons. The average Bonchev–Trinajstić information content (AvgIpc) is 3.31. The van der Waals surface area contributed by atoms with Crippen molar-refractivity contribution in [3.8, 4) is 23.0 Å². The number of phenols is 2. The quantitative estimate of drug-likeness (QED) is 0.380. The number of aromatic hydroxyl groups is 2. The predicted molar refractivity (Wildman–Crippen MR) is 144 cm³/mol. The van der Waals surface area contributed by atoms with Gasteiger partial charge in [0.1, 0.15) is 35.7 Å². The molecule has 2 aliphatic rings. The van der Waals surface area contributed by atoms with Crippen LogP contribution in [0.4, 0.5) is 0 Å². The lowest BCUT2D eigenvalue weighted by Crippen LogP contribution is -2.35. The van der Waals surface area contributed by atoms with Gasteiger partial charge in [0, 0.05) is 23.7 Å². The summed E-state index contributed by atoms with van der Waals surface area (Å²) in [5.74, 6) is 2.36. The molecule has 0 bridgehead atoms. The molecule has 5 nitrogen and oxygen atoms in total. The van der Waals surface area contributed by atoms with E-state index in [2.05, 4.69) is 18.7 Å². The van der Waals surface area contributed by atoms with Crippen LogP contribution >= 0.6 is 11.6 Å². The molecule has 0 spiro atoms. The normalized spacial score (nSPS) is 20.7. The second kappa shape index (κ2) is 10.1. The van der Waals surface area contributed by atoms with Crippen LogP contribution < -0.4 is 9.47 Å². The Kier molecular flexibility index (Phi) is 6.87. The Morgan fingerprint density at radius 2 is 1.89 bits per heavy atom. The van der Waals surface area contributed by atoms with Crippen molar-refractivity contribution in [1.29, 1.82) is 0 Å². The van der Waals surface area contributed by atoms with Crippen LogP contribution in [0.3, 0.4) is 0 Å². The number of halogens is 1. The van der Waals surface area contributed by atoms with Crippen LogP contribution in [-0.2, 0) is 0 Å². The predicted octanol–water partition coefficient (Wildman–Crippen LogP) is 6.92. The van der Waals surface area contributed by atoms with Gasteiger partial charge in [-0.15, -0.1) is 0 Å². The maximum atomic E-state index is 10.2. The van der Waals surface area contributed by atoms with Crippen LogP contribution in [0.25, 0.3) is 11.1 Å². The Hall–Kier alpha value is -3.15. The molecule has 1 unspecified atom stereocenters. The number of benzene rings is 3. The molecular weight excluding hydrogens is 474 g/mol. The number of hydrogen-bond acceptors (Lipinski definition) is 5. The van der Waals surface area contributed by atoms with Crippen LogP contribution in [0, 0.1) is 5.92 Å². The number of allylic oxidation sites excluding steroid dienone is 1. The maximum Gasteiger partial charge on any atom is 0.150 e. The Morgan fingerprint density at radius 3 is 2.58 bits per heavy atom. The third-order valence-corrected chi connectivity index (χ3v) is 7.66. The molecule has 36 heavy (non-hydrogen) atoms. The van der Waals surface area contributed by atoms with E-state index in [1.165, 1.54) is 6.42 Å². The number of likely N-dealkylation sites (tertiary alicyclic amines) is 1. The van der Waals surface area contributed by atoms with Crippen LogP contribution in [0.2, 0.25) is 5.02 Å². The smallest absolute Gasteiger partial charge is 0.150 e. The van der Waals surface area contributed by atoms with Gasteiger partial charge in [-0.25, -0.2) is 0 Å². The Morgan fingerprint density at radius 1 is 1.11 bits per heavy atom. The standard InChI is InChI=1S/C30H32ClNO4/c1-18-13-14-32(16-18)19(2)17-35-24-9-7-21(8-10-24)30-27(22-5-4-6-23(33)15-22)20(3)28-26(36-30)12-11-25(34)29(28)31/h4-12,15,18-19,30,33-34H,13-14,16-17H2,1-3H3/t18-,19+,30?/m1/s1. The van der Waals surface area contributed by atoms with Crippen molar-refractivity contribution in [2.45, 2.75) is 39.3 Å². The highest BCUT2D eigenvalue weighted by Crippen LogP contribution is 2.50. The fraction of sp³-hybridized carbons (Fsp3) is 0.333. The second-order valence-electron chi connectivity index (χ2n) is 9.98. The number of nitrogens with zero attached hydrogens (tertiary/aromatic N) is 1. The highest BCUT2D eigenvalue weighted by Gasteiger charge is 2.31. The molecule has 0 amide bonds. The molecule has 0 saturated carbocycles. The molecule has 3 aromatic carbocycles. The largest absolute Gasteiger partial charge is 0.508 e. The van der Waals surface area contributed by atoms with Crippen LogP contribution in [0.1, 0.15) is 50.0 Å². The van der Waals surface area contributed by atoms with Crippen molar-refractivity contribution in [2.24, 2.45) is 5.92 Å². The second-order valence-corrected chi connectivity index (χ2v) is 10.4. The topological polar surface area (TPSA) is 62.2 Å². The van der Waals surface area contributed by atoms with Gasteiger partial charge in [0.25, 0.3) is 0 Å². The van der Waals surface area contributed by atoms with E-state index in [1.807, 2.05) is 37.3 Å². The lowest BCUT2D eigenvalue weighted by molar-refractivity contribution is 0.169. The molecule has 5 rings (SSSR count). The number of hydrogen-bond donors (Lipinski definition) is 2. The maximum absolute atomic E-state index is 10.2. The van der Waals surface area contributed by atoms with Gasteiger partial charge in [0.15, 0.2) is 0 Å². The van der Waals surface area contributed by atoms with Gasteiger partial charge in [0.2, 0.25) is 0 Å². The van der Waals surface area contributed by atoms with E-state index in [9.17, 15) is 10.2 Å². The molecule has 6 heteroatoms. The molecule has 2 heterocycles. The van der Waals surface area contributed by atoms with Gasteiger partial charge in [-0.05, 0) is 85.8 Å². The Balaban J connectivity index is 1.43. The summed E-state index contributed by atoms with van der Waals surface area (Å²) in [6.07, 6.45) is 0.835. The van der Waals surface area contributed by atoms with E-state index in [0.717, 1.165) is 47.0 Å². The zero-order valence-electron chi connectivity index (χ0n) is 20.9. The monoisotopic (exact) mass is 505 g/mol. The van der Waals surface area contributed by atoms with E-state index in [-0.39, 0.29) is 16.5 Å². The minimum absolute atomic E-state index is 0.00573. The summed E-state index contributed by atoms with van der Waals surface area (Å²) in [7, 11) is 0. The van der Waals surface area contributed by atoms with E-state index in [4.69, 9.17) is 21.1 Å². The van der Waals surface area contributed by atoms with Gasteiger partial charge < -0.3 is 19.7 Å². The first-order valence-corrected chi connectivity index (χ1v) is 12.8. The van der Waals surface area contributed by atoms with Gasteiger partial charge in [0.05, 0.1) is 5.02 Å². The van der Waals surface area contributed by atoms with Gasteiger partial charge in [-0.1, -0.05) is 42.8 Å². The fourth-order valence-corrected chi connectivity index (χ4v) is 5.52. The molecule has 2 aliphatic heterocycles. The fourth-order valence-electron chi connectivity index (χ4n) is 5.22. The number of fused-ring (bicyclic) bond motifs is 1. The summed E-state index contributed by atoms with van der Waals surface area (Å²) in [5, 5.41) is 20.6. The molecule has 3 atom stereocenters. The molecule has 3 aromatic rings. The van der Waals surface area contributed by atoms with E-state index in [0.29, 0.717) is 24.0 Å². The van der Waals surface area contributed by atoms with Crippen molar-refractivity contribution in [2.75, 3.05) is 19.7 Å². The van der Waals surface area contributed by atoms with Gasteiger partial charge >= 0.3 is 0 Å². The number of rotatable bonds is 6. The Bertz CT molecular complexity index is 1290. The van der Waals surface area contributed by atoms with E-state index in [1.54, 1.807) is 30.3 Å². The van der Waals surface area contributed by atoms with Crippen molar-refractivity contribution in [1.82, 2.24) is 4.90 Å². The summed E-state index contributed by atoms with van der Waals surface area (Å²) in [6, 6.07) is 18.8. The lowest BCUT2D eigenvalue weighted by atomic mass is 9.86. The number of ether oxygens (including phenoxy) is 2. The number of phenolic OH excluding ortho intramolecular Hbond substituents is 2. The first kappa shape index (κ1) is 24.5. The molecule has 0 aliphatic carbocycles. The zero-order valence-corrected chi connectivity index (χ0v) is 21.6.